The minimum Gasteiger partial charge on any atom is -0.480 e. The van der Waals surface area contributed by atoms with Crippen LogP contribution in [0.15, 0.2) is 23.1 Å². The van der Waals surface area contributed by atoms with E-state index >= 15 is 0 Å². The maximum absolute atomic E-state index is 12.5. The molecule has 21 heavy (non-hydrogen) atoms. The van der Waals surface area contributed by atoms with Gasteiger partial charge in [-0.25, -0.2) is 8.42 Å². The van der Waals surface area contributed by atoms with Gasteiger partial charge in [-0.2, -0.15) is 4.31 Å². The Morgan fingerprint density at radius 1 is 1.48 bits per heavy atom. The summed E-state index contributed by atoms with van der Waals surface area (Å²) in [5.74, 6) is -1.25. The van der Waals surface area contributed by atoms with Gasteiger partial charge in [0.05, 0.1) is 9.95 Å². The summed E-state index contributed by atoms with van der Waals surface area (Å²) in [7, 11) is -4.20. The highest BCUT2D eigenvalue weighted by Gasteiger charge is 2.40. The quantitative estimate of drug-likeness (QED) is 0.658. The number of aliphatic carboxylic acids is 1. The fourth-order valence-electron chi connectivity index (χ4n) is 2.20. The lowest BCUT2D eigenvalue weighted by Crippen LogP contribution is -2.40. The number of hydrogen-bond donors (Lipinski definition) is 1. The normalized spacial score (nSPS) is 19.6. The summed E-state index contributed by atoms with van der Waals surface area (Å²) < 4.78 is 25.8. The van der Waals surface area contributed by atoms with E-state index in [9.17, 15) is 23.3 Å². The predicted molar refractivity (Wildman–Crippen MR) is 72.7 cm³/mol. The number of carboxylic acids is 1. The van der Waals surface area contributed by atoms with E-state index in [1.807, 2.05) is 0 Å². The van der Waals surface area contributed by atoms with Crippen molar-refractivity contribution in [1.29, 1.82) is 0 Å². The molecule has 0 radical (unpaired) electrons. The van der Waals surface area contributed by atoms with Crippen molar-refractivity contribution in [3.63, 3.8) is 0 Å². The van der Waals surface area contributed by atoms with Gasteiger partial charge in [0.15, 0.2) is 0 Å². The Morgan fingerprint density at radius 2 is 2.14 bits per heavy atom. The van der Waals surface area contributed by atoms with E-state index in [0.717, 1.165) is 22.5 Å². The molecule has 114 valence electrons. The van der Waals surface area contributed by atoms with Crippen molar-refractivity contribution in [2.75, 3.05) is 6.54 Å². The number of nitrogens with zero attached hydrogens (tertiary/aromatic N) is 2. The minimum absolute atomic E-state index is 0.0400. The van der Waals surface area contributed by atoms with Crippen LogP contribution in [0.2, 0.25) is 5.02 Å². The summed E-state index contributed by atoms with van der Waals surface area (Å²) in [5, 5.41) is 19.6. The molecule has 0 aromatic heterocycles. The third-order valence-electron chi connectivity index (χ3n) is 3.20. The second-order valence-electron chi connectivity index (χ2n) is 4.48. The summed E-state index contributed by atoms with van der Waals surface area (Å²) in [6.07, 6.45) is 0.601. The first-order valence-corrected chi connectivity index (χ1v) is 7.75. The molecule has 1 N–H and O–H groups in total. The van der Waals surface area contributed by atoms with E-state index in [0.29, 0.717) is 6.42 Å². The van der Waals surface area contributed by atoms with Gasteiger partial charge in [-0.1, -0.05) is 11.6 Å². The molecule has 0 aliphatic carbocycles. The van der Waals surface area contributed by atoms with Gasteiger partial charge in [0.25, 0.3) is 5.69 Å². The molecule has 0 amide bonds. The maximum Gasteiger partial charge on any atom is 0.322 e. The Labute approximate surface area is 125 Å². The highest BCUT2D eigenvalue weighted by Crippen LogP contribution is 2.32. The van der Waals surface area contributed by atoms with Gasteiger partial charge >= 0.3 is 5.97 Å². The number of non-ortho nitro benzene ring substituents is 1. The van der Waals surface area contributed by atoms with Gasteiger partial charge in [-0.05, 0) is 18.9 Å². The van der Waals surface area contributed by atoms with E-state index in [2.05, 4.69) is 0 Å². The van der Waals surface area contributed by atoms with Crippen molar-refractivity contribution in [3.8, 4) is 0 Å². The molecule has 2 rings (SSSR count). The first-order chi connectivity index (χ1) is 9.75. The topological polar surface area (TPSA) is 118 Å². The molecule has 0 bridgehead atoms. The molecule has 1 aromatic rings. The van der Waals surface area contributed by atoms with E-state index in [-0.39, 0.29) is 18.0 Å². The average Bonchev–Trinajstić information content (AvgIpc) is 2.88. The summed E-state index contributed by atoms with van der Waals surface area (Å²) in [5.41, 5.74) is -0.427. The van der Waals surface area contributed by atoms with Crippen LogP contribution in [0.25, 0.3) is 0 Å². The van der Waals surface area contributed by atoms with Crippen LogP contribution in [-0.4, -0.2) is 41.3 Å². The number of benzene rings is 1. The van der Waals surface area contributed by atoms with Crippen molar-refractivity contribution in [1.82, 2.24) is 4.31 Å². The molecule has 1 heterocycles. The number of halogens is 1. The largest absolute Gasteiger partial charge is 0.480 e. The molecular formula is C11H11ClN2O6S. The van der Waals surface area contributed by atoms with Gasteiger partial charge < -0.3 is 5.11 Å². The standard InChI is InChI=1S/C11H11ClN2O6S/c12-8-4-3-7(14(17)18)6-10(8)21(19,20)13-5-1-2-9(13)11(15)16/h3-4,6,9H,1-2,5H2,(H,15,16)/t9-/m1/s1. The molecule has 1 atom stereocenters. The molecule has 1 aromatic carbocycles. The molecule has 10 heteroatoms. The van der Waals surface area contributed by atoms with Gasteiger partial charge in [-0.3, -0.25) is 14.9 Å². The van der Waals surface area contributed by atoms with Crippen LogP contribution < -0.4 is 0 Å². The van der Waals surface area contributed by atoms with Gasteiger partial charge in [-0.15, -0.1) is 0 Å². The van der Waals surface area contributed by atoms with Crippen molar-refractivity contribution in [2.24, 2.45) is 0 Å². The Bertz CT molecular complexity index is 705. The lowest BCUT2D eigenvalue weighted by molar-refractivity contribution is -0.385. The third-order valence-corrected chi connectivity index (χ3v) is 5.59. The SMILES string of the molecule is O=C(O)[C@H]1CCCN1S(=O)(=O)c1cc([N+](=O)[O-])ccc1Cl. The molecule has 1 saturated heterocycles. The maximum atomic E-state index is 12.5. The first-order valence-electron chi connectivity index (χ1n) is 5.93. The number of carbonyl (C=O) groups is 1. The number of rotatable bonds is 4. The van der Waals surface area contributed by atoms with Crippen LogP contribution in [0.5, 0.6) is 0 Å². The first kappa shape index (κ1) is 15.7. The molecule has 0 spiro atoms. The summed E-state index contributed by atoms with van der Waals surface area (Å²) in [6, 6.07) is 1.86. The van der Waals surface area contributed by atoms with Crippen LogP contribution in [0, 0.1) is 10.1 Å². The van der Waals surface area contributed by atoms with Crippen LogP contribution >= 0.6 is 11.6 Å². The predicted octanol–water partition coefficient (Wildman–Crippen LogP) is 1.49. The highest BCUT2D eigenvalue weighted by molar-refractivity contribution is 7.89. The Morgan fingerprint density at radius 3 is 2.71 bits per heavy atom. The van der Waals surface area contributed by atoms with Gasteiger partial charge in [0.1, 0.15) is 10.9 Å². The smallest absolute Gasteiger partial charge is 0.322 e. The van der Waals surface area contributed by atoms with Crippen LogP contribution in [0.1, 0.15) is 12.8 Å². The zero-order valence-electron chi connectivity index (χ0n) is 10.6. The Kier molecular flexibility index (Phi) is 4.17. The summed E-state index contributed by atoms with van der Waals surface area (Å²) >= 11 is 5.82. The second kappa shape index (κ2) is 5.58. The minimum atomic E-state index is -4.20. The monoisotopic (exact) mass is 334 g/mol. The molecule has 0 unspecified atom stereocenters. The number of nitro groups is 1. The van der Waals surface area contributed by atoms with Crippen LogP contribution in [-0.2, 0) is 14.8 Å². The second-order valence-corrected chi connectivity index (χ2v) is 6.75. The zero-order chi connectivity index (χ0) is 15.8. The van der Waals surface area contributed by atoms with E-state index < -0.39 is 37.5 Å². The fraction of sp³-hybridized carbons (Fsp3) is 0.364. The lowest BCUT2D eigenvalue weighted by Gasteiger charge is -2.21. The zero-order valence-corrected chi connectivity index (χ0v) is 12.2. The summed E-state index contributed by atoms with van der Waals surface area (Å²) in [4.78, 5) is 20.7. The van der Waals surface area contributed by atoms with Crippen molar-refractivity contribution in [3.05, 3.63) is 33.3 Å². The molecular weight excluding hydrogens is 324 g/mol. The van der Waals surface area contributed by atoms with E-state index in [4.69, 9.17) is 16.7 Å². The van der Waals surface area contributed by atoms with Gasteiger partial charge in [0, 0.05) is 18.7 Å². The average molecular weight is 335 g/mol. The van der Waals surface area contributed by atoms with E-state index in [1.54, 1.807) is 0 Å². The molecule has 1 fully saturated rings. The molecule has 1 aliphatic heterocycles. The molecule has 1 aliphatic rings. The fourth-order valence-corrected chi connectivity index (χ4v) is 4.35. The Hall–Kier alpha value is -1.71. The number of nitro benzene ring substituents is 1. The van der Waals surface area contributed by atoms with Crippen LogP contribution in [0.4, 0.5) is 5.69 Å². The Balaban J connectivity index is 2.51. The number of carboxylic acid groups (broad SMARTS) is 1. The van der Waals surface area contributed by atoms with Crippen molar-refractivity contribution >= 4 is 33.3 Å². The summed E-state index contributed by atoms with van der Waals surface area (Å²) in [6.45, 7) is 0.0400. The molecule has 8 nitrogen and oxygen atoms in total. The molecule has 0 saturated carbocycles. The number of hydrogen-bond acceptors (Lipinski definition) is 5. The lowest BCUT2D eigenvalue weighted by atomic mass is 10.2. The van der Waals surface area contributed by atoms with Crippen molar-refractivity contribution in [2.45, 2.75) is 23.8 Å². The third kappa shape index (κ3) is 2.85. The van der Waals surface area contributed by atoms with Gasteiger partial charge in [0.2, 0.25) is 10.0 Å². The van der Waals surface area contributed by atoms with Crippen molar-refractivity contribution < 1.29 is 23.2 Å². The van der Waals surface area contributed by atoms with Crippen LogP contribution in [0.3, 0.4) is 0 Å². The highest BCUT2D eigenvalue weighted by atomic mass is 35.5. The number of sulfonamides is 1. The van der Waals surface area contributed by atoms with E-state index in [1.165, 1.54) is 0 Å².